The van der Waals surface area contributed by atoms with Crippen molar-refractivity contribution < 1.29 is 14.3 Å². The molecule has 0 spiro atoms. The lowest BCUT2D eigenvalue weighted by Gasteiger charge is -2.23. The zero-order valence-corrected chi connectivity index (χ0v) is 15.1. The number of carbonyl (C=O) groups is 1. The summed E-state index contributed by atoms with van der Waals surface area (Å²) in [5, 5.41) is 7.48. The Labute approximate surface area is 160 Å². The minimum atomic E-state index is -0.172. The molecule has 1 aromatic heterocycles. The molecule has 0 unspecified atom stereocenters. The summed E-state index contributed by atoms with van der Waals surface area (Å²) in [7, 11) is 0. The third-order valence-corrected chi connectivity index (χ3v) is 4.52. The molecular formula is C19H17ClN4O3. The second-order valence-electron chi connectivity index (χ2n) is 5.99. The molecule has 0 saturated carbocycles. The van der Waals surface area contributed by atoms with Gasteiger partial charge in [-0.3, -0.25) is 10.1 Å². The molecule has 8 heteroatoms. The second-order valence-corrected chi connectivity index (χ2v) is 6.40. The number of nitrogens with one attached hydrogen (secondary N) is 1. The second kappa shape index (κ2) is 7.67. The van der Waals surface area contributed by atoms with Crippen LogP contribution in [0.5, 0.6) is 11.5 Å². The summed E-state index contributed by atoms with van der Waals surface area (Å²) < 4.78 is 13.0. The van der Waals surface area contributed by atoms with E-state index in [1.54, 1.807) is 10.7 Å². The number of para-hydroxylation sites is 1. The molecule has 138 valence electrons. The number of anilines is 1. The van der Waals surface area contributed by atoms with Crippen LogP contribution in [0.3, 0.4) is 0 Å². The van der Waals surface area contributed by atoms with Gasteiger partial charge >= 0.3 is 0 Å². The zero-order valence-electron chi connectivity index (χ0n) is 14.3. The molecule has 1 aliphatic rings. The Hall–Kier alpha value is -3.06. The number of fused-ring (bicyclic) bond motifs is 1. The maximum Gasteiger partial charge on any atom is 0.229 e. The van der Waals surface area contributed by atoms with Crippen molar-refractivity contribution in [3.05, 3.63) is 65.4 Å². The number of halogens is 1. The van der Waals surface area contributed by atoms with Gasteiger partial charge in [-0.25, -0.2) is 4.68 Å². The summed E-state index contributed by atoms with van der Waals surface area (Å²) >= 11 is 6.04. The molecule has 7 nitrogen and oxygen atoms in total. The monoisotopic (exact) mass is 384 g/mol. The maximum atomic E-state index is 11.8. The molecule has 0 bridgehead atoms. The first kappa shape index (κ1) is 17.4. The van der Waals surface area contributed by atoms with Gasteiger partial charge in [-0.1, -0.05) is 35.9 Å². The fraction of sp³-hybridized carbons (Fsp3) is 0.211. The summed E-state index contributed by atoms with van der Waals surface area (Å²) in [5.41, 5.74) is 0.969. The highest BCUT2D eigenvalue weighted by molar-refractivity contribution is 6.32. The van der Waals surface area contributed by atoms with E-state index >= 15 is 0 Å². The minimum Gasteiger partial charge on any atom is -0.490 e. The highest BCUT2D eigenvalue weighted by atomic mass is 35.5. The van der Waals surface area contributed by atoms with E-state index in [-0.39, 0.29) is 11.9 Å². The van der Waals surface area contributed by atoms with Crippen molar-refractivity contribution in [2.45, 2.75) is 12.5 Å². The third kappa shape index (κ3) is 3.88. The van der Waals surface area contributed by atoms with Crippen LogP contribution < -0.4 is 14.8 Å². The number of hydrogen-bond donors (Lipinski definition) is 1. The van der Waals surface area contributed by atoms with E-state index in [0.717, 1.165) is 11.3 Å². The first-order chi connectivity index (χ1) is 13.2. The number of aromatic nitrogens is 3. The van der Waals surface area contributed by atoms with Crippen LogP contribution in [0.4, 0.5) is 5.95 Å². The van der Waals surface area contributed by atoms with Gasteiger partial charge < -0.3 is 9.47 Å². The van der Waals surface area contributed by atoms with Gasteiger partial charge in [-0.2, -0.15) is 10.1 Å². The molecule has 2 heterocycles. The number of rotatable bonds is 6. The van der Waals surface area contributed by atoms with Gasteiger partial charge in [0.1, 0.15) is 31.0 Å². The van der Waals surface area contributed by atoms with E-state index in [1.807, 2.05) is 42.5 Å². The van der Waals surface area contributed by atoms with Crippen molar-refractivity contribution >= 4 is 23.5 Å². The Balaban J connectivity index is 1.35. The van der Waals surface area contributed by atoms with Crippen molar-refractivity contribution in [1.29, 1.82) is 0 Å². The molecule has 0 saturated heterocycles. The molecular weight excluding hydrogens is 368 g/mol. The van der Waals surface area contributed by atoms with Crippen molar-refractivity contribution in [3.63, 3.8) is 0 Å². The van der Waals surface area contributed by atoms with Crippen molar-refractivity contribution in [3.8, 4) is 11.5 Å². The standard InChI is InChI=1S/C19H17ClN4O3/c20-15-3-1-2-4-17(15)27-10-9-26-14-7-5-13(6-8-14)16-11-18(25)23-19-21-12-22-24(16)19/h1-8,12,16H,9-11H2,(H,21,22,23,25)/t16-/m1/s1. The van der Waals surface area contributed by atoms with Crippen LogP contribution in [-0.2, 0) is 4.79 Å². The number of ether oxygens (including phenoxy) is 2. The van der Waals surface area contributed by atoms with E-state index in [2.05, 4.69) is 15.4 Å². The smallest absolute Gasteiger partial charge is 0.229 e. The van der Waals surface area contributed by atoms with Gasteiger partial charge in [-0.15, -0.1) is 0 Å². The highest BCUT2D eigenvalue weighted by Gasteiger charge is 2.27. The van der Waals surface area contributed by atoms with Gasteiger partial charge in [0.2, 0.25) is 11.9 Å². The molecule has 4 rings (SSSR count). The van der Waals surface area contributed by atoms with Crippen LogP contribution in [-0.4, -0.2) is 33.9 Å². The number of amides is 1. The summed E-state index contributed by atoms with van der Waals surface area (Å²) in [6, 6.07) is 14.7. The summed E-state index contributed by atoms with van der Waals surface area (Å²) in [6.07, 6.45) is 1.76. The fourth-order valence-electron chi connectivity index (χ4n) is 2.92. The Bertz CT molecular complexity index is 942. The third-order valence-electron chi connectivity index (χ3n) is 4.21. The van der Waals surface area contributed by atoms with Crippen LogP contribution in [0, 0.1) is 0 Å². The Morgan fingerprint density at radius 1 is 1.11 bits per heavy atom. The lowest BCUT2D eigenvalue weighted by atomic mass is 10.0. The zero-order chi connectivity index (χ0) is 18.6. The van der Waals surface area contributed by atoms with Crippen LogP contribution in [0.2, 0.25) is 5.02 Å². The van der Waals surface area contributed by atoms with Crippen LogP contribution >= 0.6 is 11.6 Å². The number of carbonyl (C=O) groups excluding carboxylic acids is 1. The van der Waals surface area contributed by atoms with Crippen molar-refractivity contribution in [2.75, 3.05) is 18.5 Å². The van der Waals surface area contributed by atoms with Gasteiger partial charge in [0.05, 0.1) is 17.5 Å². The predicted molar refractivity (Wildman–Crippen MR) is 100 cm³/mol. The highest BCUT2D eigenvalue weighted by Crippen LogP contribution is 2.29. The summed E-state index contributed by atoms with van der Waals surface area (Å²) in [5.74, 6) is 1.75. The molecule has 1 aliphatic heterocycles. The average Bonchev–Trinajstić information content (AvgIpc) is 3.15. The average molecular weight is 385 g/mol. The molecule has 2 aromatic carbocycles. The summed E-state index contributed by atoms with van der Waals surface area (Å²) in [6.45, 7) is 0.778. The van der Waals surface area contributed by atoms with E-state index in [4.69, 9.17) is 21.1 Å². The Morgan fingerprint density at radius 2 is 1.89 bits per heavy atom. The SMILES string of the molecule is O=C1C[C@H](c2ccc(OCCOc3ccccc3Cl)cc2)n2ncnc2N1. The minimum absolute atomic E-state index is 0.0717. The molecule has 1 atom stereocenters. The number of hydrogen-bond acceptors (Lipinski definition) is 5. The normalized spacial score (nSPS) is 15.7. The van der Waals surface area contributed by atoms with Crippen molar-refractivity contribution in [2.24, 2.45) is 0 Å². The van der Waals surface area contributed by atoms with Gasteiger partial charge in [0, 0.05) is 0 Å². The van der Waals surface area contributed by atoms with E-state index in [1.165, 1.54) is 6.33 Å². The fourth-order valence-corrected chi connectivity index (χ4v) is 3.11. The van der Waals surface area contributed by atoms with Gasteiger partial charge in [-0.05, 0) is 29.8 Å². The van der Waals surface area contributed by atoms with Gasteiger partial charge in [0.15, 0.2) is 0 Å². The van der Waals surface area contributed by atoms with Crippen LogP contribution in [0.1, 0.15) is 18.0 Å². The molecule has 1 N–H and O–H groups in total. The van der Waals surface area contributed by atoms with E-state index < -0.39 is 0 Å². The number of benzene rings is 2. The maximum absolute atomic E-state index is 11.8. The lowest BCUT2D eigenvalue weighted by Crippen LogP contribution is -2.29. The first-order valence-corrected chi connectivity index (χ1v) is 8.88. The Morgan fingerprint density at radius 3 is 2.70 bits per heavy atom. The summed E-state index contributed by atoms with van der Waals surface area (Å²) in [4.78, 5) is 15.9. The van der Waals surface area contributed by atoms with E-state index in [0.29, 0.717) is 36.4 Å². The Kier molecular flexibility index (Phi) is 4.93. The topological polar surface area (TPSA) is 78.3 Å². The molecule has 0 radical (unpaired) electrons. The van der Waals surface area contributed by atoms with Crippen LogP contribution in [0.25, 0.3) is 0 Å². The molecule has 1 amide bonds. The molecule has 0 aliphatic carbocycles. The molecule has 3 aromatic rings. The van der Waals surface area contributed by atoms with Crippen LogP contribution in [0.15, 0.2) is 54.9 Å². The van der Waals surface area contributed by atoms with Gasteiger partial charge in [0.25, 0.3) is 0 Å². The largest absolute Gasteiger partial charge is 0.490 e. The molecule has 0 fully saturated rings. The lowest BCUT2D eigenvalue weighted by molar-refractivity contribution is -0.117. The quantitative estimate of drug-likeness (QED) is 0.659. The number of nitrogens with zero attached hydrogens (tertiary/aromatic N) is 3. The predicted octanol–water partition coefficient (Wildman–Crippen LogP) is 3.32. The first-order valence-electron chi connectivity index (χ1n) is 8.50. The van der Waals surface area contributed by atoms with Crippen molar-refractivity contribution in [1.82, 2.24) is 14.8 Å². The molecule has 27 heavy (non-hydrogen) atoms. The van der Waals surface area contributed by atoms with E-state index in [9.17, 15) is 4.79 Å².